The van der Waals surface area contributed by atoms with Gasteiger partial charge in [0.15, 0.2) is 0 Å². The molecule has 3 nitrogen and oxygen atoms in total. The van der Waals surface area contributed by atoms with Crippen molar-refractivity contribution in [1.82, 2.24) is 0 Å². The van der Waals surface area contributed by atoms with Gasteiger partial charge in [0.2, 0.25) is 6.17 Å². The van der Waals surface area contributed by atoms with Crippen molar-refractivity contribution < 1.29 is 19.0 Å². The lowest BCUT2D eigenvalue weighted by molar-refractivity contribution is -0.153. The minimum Gasteiger partial charge on any atom is -0.464 e. The third-order valence-electron chi connectivity index (χ3n) is 1.70. The van der Waals surface area contributed by atoms with Gasteiger partial charge in [-0.05, 0) is 13.3 Å². The molecule has 2 atom stereocenters. The van der Waals surface area contributed by atoms with E-state index in [1.165, 1.54) is 0 Å². The summed E-state index contributed by atoms with van der Waals surface area (Å²) in [4.78, 5) is 10.8. The monoisotopic (exact) mass is 192 g/mol. The summed E-state index contributed by atoms with van der Waals surface area (Å²) in [6, 6.07) is 0. The zero-order valence-corrected chi connectivity index (χ0v) is 8.12. The molecule has 13 heavy (non-hydrogen) atoms. The van der Waals surface area contributed by atoms with Crippen molar-refractivity contribution in [1.29, 1.82) is 0 Å². The van der Waals surface area contributed by atoms with Crippen LogP contribution >= 0.6 is 0 Å². The van der Waals surface area contributed by atoms with Gasteiger partial charge in [0.1, 0.15) is 0 Å². The lowest BCUT2D eigenvalue weighted by Crippen LogP contribution is -2.31. The predicted octanol–water partition coefficient (Wildman–Crippen LogP) is 1.44. The van der Waals surface area contributed by atoms with Crippen molar-refractivity contribution in [2.24, 2.45) is 0 Å². The molecule has 0 fully saturated rings. The summed E-state index contributed by atoms with van der Waals surface area (Å²) >= 11 is 0. The average molecular weight is 192 g/mol. The van der Waals surface area contributed by atoms with E-state index in [2.05, 4.69) is 4.74 Å². The van der Waals surface area contributed by atoms with Gasteiger partial charge >= 0.3 is 5.97 Å². The van der Waals surface area contributed by atoms with Crippen LogP contribution in [0.5, 0.6) is 0 Å². The fourth-order valence-electron chi connectivity index (χ4n) is 0.939. The molecule has 0 spiro atoms. The molecule has 0 aliphatic rings. The number of rotatable bonds is 6. The summed E-state index contributed by atoms with van der Waals surface area (Å²) in [6.45, 7) is 3.67. The van der Waals surface area contributed by atoms with Crippen LogP contribution < -0.4 is 0 Å². The Balaban J connectivity index is 3.79. The van der Waals surface area contributed by atoms with E-state index < -0.39 is 18.2 Å². The van der Waals surface area contributed by atoms with Crippen LogP contribution in [0, 0.1) is 0 Å². The summed E-state index contributed by atoms with van der Waals surface area (Å²) in [5.74, 6) is -0.967. The number of aliphatic hydroxyl groups excluding tert-OH is 1. The first-order valence-electron chi connectivity index (χ1n) is 4.62. The molecule has 0 aromatic carbocycles. The molecule has 0 unspecified atom stereocenters. The average Bonchev–Trinajstić information content (AvgIpc) is 2.13. The number of ether oxygens (including phenoxy) is 1. The number of unbranched alkanes of at least 4 members (excludes halogenated alkanes) is 1. The molecule has 0 aliphatic heterocycles. The van der Waals surface area contributed by atoms with Crippen molar-refractivity contribution in [2.75, 3.05) is 6.61 Å². The second-order valence-electron chi connectivity index (χ2n) is 2.86. The number of halogens is 1. The van der Waals surface area contributed by atoms with Crippen LogP contribution in [0.1, 0.15) is 33.1 Å². The van der Waals surface area contributed by atoms with Crippen LogP contribution in [0.3, 0.4) is 0 Å². The molecular weight excluding hydrogens is 175 g/mol. The Labute approximate surface area is 77.9 Å². The third kappa shape index (κ3) is 4.83. The Morgan fingerprint density at radius 1 is 1.54 bits per heavy atom. The van der Waals surface area contributed by atoms with Crippen molar-refractivity contribution in [3.05, 3.63) is 0 Å². The van der Waals surface area contributed by atoms with E-state index in [1.54, 1.807) is 6.92 Å². The highest BCUT2D eigenvalue weighted by atomic mass is 19.1. The number of aliphatic hydroxyl groups is 1. The number of hydrogen-bond donors (Lipinski definition) is 1. The number of esters is 1. The summed E-state index contributed by atoms with van der Waals surface area (Å²) in [5.41, 5.74) is 0. The lowest BCUT2D eigenvalue weighted by Gasteiger charge is -2.13. The van der Waals surface area contributed by atoms with Gasteiger partial charge in [0.05, 0.1) is 12.7 Å². The molecule has 0 bridgehead atoms. The number of alkyl halides is 1. The Morgan fingerprint density at radius 3 is 2.62 bits per heavy atom. The van der Waals surface area contributed by atoms with Gasteiger partial charge in [-0.1, -0.05) is 19.8 Å². The standard InChI is InChI=1S/C9H17FO3/c1-3-5-6-7(11)8(10)9(12)13-4-2/h7-8,11H,3-6H2,1-2H3/t7-,8+/m1/s1. The second kappa shape index (κ2) is 6.83. The molecular formula is C9H17FO3. The summed E-state index contributed by atoms with van der Waals surface area (Å²) < 4.78 is 17.4. The van der Waals surface area contributed by atoms with Crippen LogP contribution in [-0.4, -0.2) is 30.0 Å². The zero-order chi connectivity index (χ0) is 10.3. The summed E-state index contributed by atoms with van der Waals surface area (Å²) in [5, 5.41) is 9.17. The Hall–Kier alpha value is -0.640. The summed E-state index contributed by atoms with van der Waals surface area (Å²) in [7, 11) is 0. The molecule has 78 valence electrons. The Bertz CT molecular complexity index is 150. The van der Waals surface area contributed by atoms with Gasteiger partial charge in [-0.15, -0.1) is 0 Å². The molecule has 0 heterocycles. The minimum atomic E-state index is -1.90. The van der Waals surface area contributed by atoms with Crippen molar-refractivity contribution in [3.8, 4) is 0 Å². The van der Waals surface area contributed by atoms with E-state index in [4.69, 9.17) is 0 Å². The normalized spacial score (nSPS) is 15.1. The maximum absolute atomic E-state index is 13.0. The third-order valence-corrected chi connectivity index (χ3v) is 1.70. The topological polar surface area (TPSA) is 46.5 Å². The van der Waals surface area contributed by atoms with Crippen molar-refractivity contribution >= 4 is 5.97 Å². The molecule has 0 saturated heterocycles. The van der Waals surface area contributed by atoms with Gasteiger partial charge in [-0.25, -0.2) is 9.18 Å². The van der Waals surface area contributed by atoms with Crippen LogP contribution in [0.15, 0.2) is 0 Å². The maximum Gasteiger partial charge on any atom is 0.343 e. The smallest absolute Gasteiger partial charge is 0.343 e. The van der Waals surface area contributed by atoms with Gasteiger partial charge in [-0.3, -0.25) is 0 Å². The molecule has 1 N–H and O–H groups in total. The van der Waals surface area contributed by atoms with Crippen LogP contribution in [0.2, 0.25) is 0 Å². The zero-order valence-electron chi connectivity index (χ0n) is 8.12. The highest BCUT2D eigenvalue weighted by Crippen LogP contribution is 2.09. The highest BCUT2D eigenvalue weighted by Gasteiger charge is 2.26. The van der Waals surface area contributed by atoms with E-state index in [0.717, 1.165) is 6.42 Å². The van der Waals surface area contributed by atoms with Gasteiger partial charge in [0.25, 0.3) is 0 Å². The van der Waals surface area contributed by atoms with Crippen LogP contribution in [0.4, 0.5) is 4.39 Å². The molecule has 0 radical (unpaired) electrons. The van der Waals surface area contributed by atoms with Gasteiger partial charge in [0, 0.05) is 0 Å². The molecule has 0 amide bonds. The van der Waals surface area contributed by atoms with Crippen molar-refractivity contribution in [3.63, 3.8) is 0 Å². The second-order valence-corrected chi connectivity index (χ2v) is 2.86. The molecule has 0 rings (SSSR count). The quantitative estimate of drug-likeness (QED) is 0.648. The van der Waals surface area contributed by atoms with E-state index in [0.29, 0.717) is 12.8 Å². The molecule has 0 aliphatic carbocycles. The first-order valence-corrected chi connectivity index (χ1v) is 4.62. The molecule has 4 heteroatoms. The first kappa shape index (κ1) is 12.4. The minimum absolute atomic E-state index is 0.139. The van der Waals surface area contributed by atoms with Gasteiger partial charge < -0.3 is 9.84 Å². The highest BCUT2D eigenvalue weighted by molar-refractivity contribution is 5.75. The van der Waals surface area contributed by atoms with E-state index in [9.17, 15) is 14.3 Å². The number of carbonyl (C=O) groups excluding carboxylic acids is 1. The fourth-order valence-corrected chi connectivity index (χ4v) is 0.939. The Kier molecular flexibility index (Phi) is 6.49. The predicted molar refractivity (Wildman–Crippen MR) is 47.1 cm³/mol. The fraction of sp³-hybridized carbons (Fsp3) is 0.889. The molecule has 0 aromatic heterocycles. The van der Waals surface area contributed by atoms with Crippen molar-refractivity contribution in [2.45, 2.75) is 45.4 Å². The SMILES string of the molecule is CCCC[C@@H](O)[C@H](F)C(=O)OCC. The van der Waals surface area contributed by atoms with E-state index in [-0.39, 0.29) is 6.61 Å². The molecule has 0 aromatic rings. The largest absolute Gasteiger partial charge is 0.464 e. The maximum atomic E-state index is 13.0. The van der Waals surface area contributed by atoms with E-state index in [1.807, 2.05) is 6.92 Å². The lowest BCUT2D eigenvalue weighted by atomic mass is 10.1. The summed E-state index contributed by atoms with van der Waals surface area (Å²) in [6.07, 6.45) is -1.24. The molecule has 0 saturated carbocycles. The van der Waals surface area contributed by atoms with Crippen LogP contribution in [0.25, 0.3) is 0 Å². The first-order chi connectivity index (χ1) is 6.13. The van der Waals surface area contributed by atoms with Gasteiger partial charge in [-0.2, -0.15) is 0 Å². The number of hydrogen-bond acceptors (Lipinski definition) is 3. The number of carbonyl (C=O) groups is 1. The van der Waals surface area contributed by atoms with E-state index >= 15 is 0 Å². The Morgan fingerprint density at radius 2 is 2.15 bits per heavy atom. The van der Waals surface area contributed by atoms with Crippen LogP contribution in [-0.2, 0) is 9.53 Å².